The number of halogens is 1. The molecule has 0 radical (unpaired) electrons. The first-order valence-corrected chi connectivity index (χ1v) is 7.64. The lowest BCUT2D eigenvalue weighted by atomic mass is 10.2. The molecule has 114 valence electrons. The Morgan fingerprint density at radius 2 is 1.82 bits per heavy atom. The Hall–Kier alpha value is -2.09. The Morgan fingerprint density at radius 1 is 1.09 bits per heavy atom. The van der Waals surface area contributed by atoms with Gasteiger partial charge in [-0.2, -0.15) is 0 Å². The van der Waals surface area contributed by atoms with Gasteiger partial charge in [0, 0.05) is 14.9 Å². The van der Waals surface area contributed by atoms with Crippen molar-refractivity contribution in [1.82, 2.24) is 0 Å². The van der Waals surface area contributed by atoms with E-state index in [0.717, 1.165) is 14.9 Å². The summed E-state index contributed by atoms with van der Waals surface area (Å²) in [5, 5.41) is 5.81. The molecule has 0 fully saturated rings. The second-order valence-electron chi connectivity index (χ2n) is 4.48. The SMILES string of the molecule is COC(=O)c1ccc(NCC(=O)Nc2cccc(I)c2)cc1. The molecule has 5 nitrogen and oxygen atoms in total. The van der Waals surface area contributed by atoms with Crippen LogP contribution in [0.25, 0.3) is 0 Å². The highest BCUT2D eigenvalue weighted by Gasteiger charge is 2.05. The number of ether oxygens (including phenoxy) is 1. The minimum Gasteiger partial charge on any atom is -0.465 e. The lowest BCUT2D eigenvalue weighted by molar-refractivity contribution is -0.114. The van der Waals surface area contributed by atoms with Crippen LogP contribution < -0.4 is 10.6 Å². The number of amides is 1. The molecule has 0 atom stereocenters. The predicted molar refractivity (Wildman–Crippen MR) is 94.1 cm³/mol. The molecule has 6 heteroatoms. The summed E-state index contributed by atoms with van der Waals surface area (Å²) in [7, 11) is 1.34. The number of esters is 1. The van der Waals surface area contributed by atoms with Crippen molar-refractivity contribution < 1.29 is 14.3 Å². The number of nitrogens with one attached hydrogen (secondary N) is 2. The van der Waals surface area contributed by atoms with Crippen molar-refractivity contribution in [2.45, 2.75) is 0 Å². The molecular formula is C16H15IN2O3. The molecule has 0 saturated heterocycles. The van der Waals surface area contributed by atoms with E-state index in [1.807, 2.05) is 24.3 Å². The van der Waals surface area contributed by atoms with Gasteiger partial charge in [0.15, 0.2) is 0 Å². The van der Waals surface area contributed by atoms with Crippen molar-refractivity contribution in [2.75, 3.05) is 24.3 Å². The molecule has 0 aromatic heterocycles. The van der Waals surface area contributed by atoms with Crippen LogP contribution in [0.15, 0.2) is 48.5 Å². The van der Waals surface area contributed by atoms with Gasteiger partial charge in [0.1, 0.15) is 0 Å². The molecule has 2 rings (SSSR count). The summed E-state index contributed by atoms with van der Waals surface area (Å²) in [4.78, 5) is 23.2. The lowest BCUT2D eigenvalue weighted by Crippen LogP contribution is -2.21. The first kappa shape index (κ1) is 16.3. The van der Waals surface area contributed by atoms with E-state index >= 15 is 0 Å². The van der Waals surface area contributed by atoms with E-state index in [1.165, 1.54) is 7.11 Å². The smallest absolute Gasteiger partial charge is 0.337 e. The van der Waals surface area contributed by atoms with Gasteiger partial charge >= 0.3 is 5.97 Å². The van der Waals surface area contributed by atoms with E-state index in [2.05, 4.69) is 38.0 Å². The maximum absolute atomic E-state index is 11.9. The number of benzene rings is 2. The number of carbonyl (C=O) groups is 2. The maximum Gasteiger partial charge on any atom is 0.337 e. The van der Waals surface area contributed by atoms with E-state index in [-0.39, 0.29) is 18.4 Å². The fourth-order valence-electron chi connectivity index (χ4n) is 1.80. The van der Waals surface area contributed by atoms with Crippen molar-refractivity contribution in [3.05, 3.63) is 57.7 Å². The molecule has 0 aliphatic heterocycles. The Kier molecular flexibility index (Phi) is 5.76. The van der Waals surface area contributed by atoms with Crippen molar-refractivity contribution in [3.63, 3.8) is 0 Å². The van der Waals surface area contributed by atoms with Gasteiger partial charge in [-0.1, -0.05) is 6.07 Å². The highest BCUT2D eigenvalue weighted by Crippen LogP contribution is 2.13. The van der Waals surface area contributed by atoms with Gasteiger partial charge in [0.2, 0.25) is 5.91 Å². The summed E-state index contributed by atoms with van der Waals surface area (Å²) in [6.07, 6.45) is 0. The van der Waals surface area contributed by atoms with Crippen LogP contribution in [0.1, 0.15) is 10.4 Å². The molecule has 0 saturated carbocycles. The number of hydrogen-bond donors (Lipinski definition) is 2. The normalized spacial score (nSPS) is 9.91. The van der Waals surface area contributed by atoms with Gasteiger partial charge in [0.25, 0.3) is 0 Å². The average Bonchev–Trinajstić information content (AvgIpc) is 2.52. The first-order chi connectivity index (χ1) is 10.6. The van der Waals surface area contributed by atoms with Gasteiger partial charge in [-0.25, -0.2) is 4.79 Å². The minimum atomic E-state index is -0.386. The monoisotopic (exact) mass is 410 g/mol. The van der Waals surface area contributed by atoms with Crippen LogP contribution in [-0.2, 0) is 9.53 Å². The Balaban J connectivity index is 1.87. The van der Waals surface area contributed by atoms with Crippen LogP contribution in [0.2, 0.25) is 0 Å². The molecule has 2 N–H and O–H groups in total. The number of anilines is 2. The quantitative estimate of drug-likeness (QED) is 0.587. The van der Waals surface area contributed by atoms with E-state index in [0.29, 0.717) is 5.56 Å². The van der Waals surface area contributed by atoms with Crippen LogP contribution in [0.4, 0.5) is 11.4 Å². The highest BCUT2D eigenvalue weighted by atomic mass is 127. The highest BCUT2D eigenvalue weighted by molar-refractivity contribution is 14.1. The first-order valence-electron chi connectivity index (χ1n) is 6.56. The average molecular weight is 410 g/mol. The second kappa shape index (κ2) is 7.79. The third-order valence-electron chi connectivity index (χ3n) is 2.87. The fourth-order valence-corrected chi connectivity index (χ4v) is 2.34. The van der Waals surface area contributed by atoms with Gasteiger partial charge in [-0.3, -0.25) is 4.79 Å². The summed E-state index contributed by atoms with van der Waals surface area (Å²) in [5.74, 6) is -0.526. The van der Waals surface area contributed by atoms with E-state index in [4.69, 9.17) is 0 Å². The third kappa shape index (κ3) is 4.73. The van der Waals surface area contributed by atoms with Crippen LogP contribution in [-0.4, -0.2) is 25.5 Å². The Morgan fingerprint density at radius 3 is 2.45 bits per heavy atom. The summed E-state index contributed by atoms with van der Waals surface area (Å²) in [6, 6.07) is 14.3. The Labute approximate surface area is 142 Å². The van der Waals surface area contributed by atoms with Crippen molar-refractivity contribution in [2.24, 2.45) is 0 Å². The van der Waals surface area contributed by atoms with Gasteiger partial charge < -0.3 is 15.4 Å². The van der Waals surface area contributed by atoms with Crippen LogP contribution >= 0.6 is 22.6 Å². The molecule has 0 spiro atoms. The van der Waals surface area contributed by atoms with E-state index in [9.17, 15) is 9.59 Å². The molecule has 0 aliphatic rings. The molecule has 1 amide bonds. The lowest BCUT2D eigenvalue weighted by Gasteiger charge is -2.08. The molecular weight excluding hydrogens is 395 g/mol. The Bertz CT molecular complexity index is 671. The summed E-state index contributed by atoms with van der Waals surface area (Å²) in [5.41, 5.74) is 1.99. The topological polar surface area (TPSA) is 67.4 Å². The summed E-state index contributed by atoms with van der Waals surface area (Å²) >= 11 is 2.19. The van der Waals surface area contributed by atoms with Crippen LogP contribution in [0.5, 0.6) is 0 Å². The number of carbonyl (C=O) groups excluding carboxylic acids is 2. The number of methoxy groups -OCH3 is 1. The van der Waals surface area contributed by atoms with Crippen molar-refractivity contribution in [1.29, 1.82) is 0 Å². The van der Waals surface area contributed by atoms with Crippen LogP contribution in [0, 0.1) is 3.57 Å². The molecule has 2 aromatic carbocycles. The summed E-state index contributed by atoms with van der Waals surface area (Å²) in [6.45, 7) is 0.142. The third-order valence-corrected chi connectivity index (χ3v) is 3.54. The predicted octanol–water partition coefficient (Wildman–Crippen LogP) is 3.13. The molecule has 0 unspecified atom stereocenters. The minimum absolute atomic E-state index is 0.140. The van der Waals surface area contributed by atoms with Gasteiger partial charge in [-0.15, -0.1) is 0 Å². The molecule has 2 aromatic rings. The van der Waals surface area contributed by atoms with Gasteiger partial charge in [0.05, 0.1) is 19.2 Å². The molecule has 0 bridgehead atoms. The van der Waals surface area contributed by atoms with Crippen molar-refractivity contribution >= 4 is 45.8 Å². The van der Waals surface area contributed by atoms with Crippen LogP contribution in [0.3, 0.4) is 0 Å². The molecule has 0 aliphatic carbocycles. The number of rotatable bonds is 5. The maximum atomic E-state index is 11.9. The summed E-state index contributed by atoms with van der Waals surface area (Å²) < 4.78 is 5.68. The molecule has 22 heavy (non-hydrogen) atoms. The van der Waals surface area contributed by atoms with E-state index in [1.54, 1.807) is 24.3 Å². The largest absolute Gasteiger partial charge is 0.465 e. The standard InChI is InChI=1S/C16H15IN2O3/c1-22-16(21)11-5-7-13(8-6-11)18-10-15(20)19-14-4-2-3-12(17)9-14/h2-9,18H,10H2,1H3,(H,19,20). The van der Waals surface area contributed by atoms with Crippen molar-refractivity contribution in [3.8, 4) is 0 Å². The van der Waals surface area contributed by atoms with Gasteiger partial charge in [-0.05, 0) is 65.1 Å². The zero-order chi connectivity index (χ0) is 15.9. The molecule has 0 heterocycles. The fraction of sp³-hybridized carbons (Fsp3) is 0.125. The zero-order valence-corrected chi connectivity index (χ0v) is 14.1. The number of hydrogen-bond acceptors (Lipinski definition) is 4. The second-order valence-corrected chi connectivity index (χ2v) is 5.73. The zero-order valence-electron chi connectivity index (χ0n) is 11.9. The van der Waals surface area contributed by atoms with E-state index < -0.39 is 0 Å².